The van der Waals surface area contributed by atoms with Gasteiger partial charge in [0.05, 0.1) is 6.54 Å². The van der Waals surface area contributed by atoms with Crippen molar-refractivity contribution in [3.8, 4) is 0 Å². The molecule has 0 spiro atoms. The average molecular weight is 368 g/mol. The van der Waals surface area contributed by atoms with E-state index in [0.717, 1.165) is 10.9 Å². The van der Waals surface area contributed by atoms with Gasteiger partial charge in [0.15, 0.2) is 0 Å². The van der Waals surface area contributed by atoms with Gasteiger partial charge in [-0.25, -0.2) is 13.6 Å². The van der Waals surface area contributed by atoms with E-state index in [-0.39, 0.29) is 17.1 Å². The molecule has 1 aromatic carbocycles. The minimum atomic E-state index is -0.429. The number of nitrogens with zero attached hydrogens (tertiary/aromatic N) is 1. The van der Waals surface area contributed by atoms with Crippen LogP contribution < -0.4 is 5.32 Å². The standard InChI is InChI=1S/C17H18F2N2OS2/c18-12-3-4-15(19)14(10-12)16-5-6-21(7-9-24-16)17(22)20-11-13-2-1-8-23-13/h1-4,8,10,16H,5-7,9,11H2,(H,20,22)/t16-/m0/s1. The summed E-state index contributed by atoms with van der Waals surface area (Å²) in [4.78, 5) is 15.1. The van der Waals surface area contributed by atoms with Crippen molar-refractivity contribution in [2.24, 2.45) is 0 Å². The molecule has 0 radical (unpaired) electrons. The Labute approximate surface area is 148 Å². The summed E-state index contributed by atoms with van der Waals surface area (Å²) in [6.45, 7) is 1.65. The van der Waals surface area contributed by atoms with Crippen molar-refractivity contribution in [1.82, 2.24) is 10.2 Å². The highest BCUT2D eigenvalue weighted by molar-refractivity contribution is 7.99. The van der Waals surface area contributed by atoms with Gasteiger partial charge in [0.1, 0.15) is 11.6 Å². The monoisotopic (exact) mass is 368 g/mol. The van der Waals surface area contributed by atoms with Crippen LogP contribution in [-0.2, 0) is 6.54 Å². The summed E-state index contributed by atoms with van der Waals surface area (Å²) in [6.07, 6.45) is 0.609. The zero-order valence-corrected chi connectivity index (χ0v) is 14.6. The molecule has 3 nitrogen and oxygen atoms in total. The first-order valence-electron chi connectivity index (χ1n) is 7.75. The highest BCUT2D eigenvalue weighted by Gasteiger charge is 2.24. The molecule has 1 N–H and O–H groups in total. The van der Waals surface area contributed by atoms with Gasteiger partial charge in [-0.3, -0.25) is 0 Å². The van der Waals surface area contributed by atoms with Crippen LogP contribution in [0.25, 0.3) is 0 Å². The summed E-state index contributed by atoms with van der Waals surface area (Å²) < 4.78 is 27.3. The summed E-state index contributed by atoms with van der Waals surface area (Å²) in [5, 5.41) is 4.76. The van der Waals surface area contributed by atoms with Crippen LogP contribution in [0.1, 0.15) is 22.1 Å². The second-order valence-corrected chi connectivity index (χ2v) is 7.88. The smallest absolute Gasteiger partial charge is 0.317 e. The van der Waals surface area contributed by atoms with Crippen molar-refractivity contribution in [2.45, 2.75) is 18.2 Å². The van der Waals surface area contributed by atoms with Gasteiger partial charge in [-0.05, 0) is 36.1 Å². The molecule has 1 aliphatic rings. The van der Waals surface area contributed by atoms with Crippen LogP contribution in [0.5, 0.6) is 0 Å². The molecule has 0 bridgehead atoms. The number of halogens is 2. The third-order valence-electron chi connectivity index (χ3n) is 3.93. The van der Waals surface area contributed by atoms with Crippen LogP contribution in [0, 0.1) is 11.6 Å². The molecule has 0 aliphatic carbocycles. The molecule has 0 unspecified atom stereocenters. The second kappa shape index (κ2) is 7.98. The maximum absolute atomic E-state index is 13.9. The van der Waals surface area contributed by atoms with Crippen LogP contribution in [0.2, 0.25) is 0 Å². The Morgan fingerprint density at radius 2 is 2.17 bits per heavy atom. The van der Waals surface area contributed by atoms with Crippen molar-refractivity contribution < 1.29 is 13.6 Å². The van der Waals surface area contributed by atoms with Crippen LogP contribution in [0.15, 0.2) is 35.7 Å². The molecule has 1 saturated heterocycles. The topological polar surface area (TPSA) is 32.3 Å². The highest BCUT2D eigenvalue weighted by Crippen LogP contribution is 2.36. The summed E-state index contributed by atoms with van der Waals surface area (Å²) in [6, 6.07) is 7.38. The maximum atomic E-state index is 13.9. The molecule has 1 aromatic heterocycles. The normalized spacial score (nSPS) is 18.2. The van der Waals surface area contributed by atoms with Gasteiger partial charge in [-0.15, -0.1) is 11.3 Å². The van der Waals surface area contributed by atoms with E-state index in [1.54, 1.807) is 28.0 Å². The molecule has 2 aromatic rings. The Morgan fingerprint density at radius 3 is 2.96 bits per heavy atom. The maximum Gasteiger partial charge on any atom is 0.317 e. The summed E-state index contributed by atoms with van der Waals surface area (Å²) in [5.74, 6) is -0.112. The summed E-state index contributed by atoms with van der Waals surface area (Å²) >= 11 is 3.17. The molecule has 128 valence electrons. The number of hydrogen-bond acceptors (Lipinski definition) is 3. The largest absolute Gasteiger partial charge is 0.333 e. The van der Waals surface area contributed by atoms with E-state index in [4.69, 9.17) is 0 Å². The number of carbonyl (C=O) groups excluding carboxylic acids is 1. The number of carbonyl (C=O) groups is 1. The molecule has 24 heavy (non-hydrogen) atoms. The van der Waals surface area contributed by atoms with Crippen LogP contribution in [0.3, 0.4) is 0 Å². The van der Waals surface area contributed by atoms with Gasteiger partial charge in [-0.1, -0.05) is 6.07 Å². The Bertz CT molecular complexity index is 694. The third kappa shape index (κ3) is 4.27. The Hall–Kier alpha value is -1.60. The predicted octanol–water partition coefficient (Wildman–Crippen LogP) is 4.42. The van der Waals surface area contributed by atoms with Gasteiger partial charge in [0.2, 0.25) is 0 Å². The van der Waals surface area contributed by atoms with Gasteiger partial charge >= 0.3 is 6.03 Å². The minimum absolute atomic E-state index is 0.107. The fraction of sp³-hybridized carbons (Fsp3) is 0.353. The lowest BCUT2D eigenvalue weighted by atomic mass is 10.1. The van der Waals surface area contributed by atoms with E-state index in [9.17, 15) is 13.6 Å². The van der Waals surface area contributed by atoms with E-state index in [2.05, 4.69) is 5.32 Å². The first-order chi connectivity index (χ1) is 11.6. The second-order valence-electron chi connectivity index (χ2n) is 5.54. The fourth-order valence-electron chi connectivity index (χ4n) is 2.67. The van der Waals surface area contributed by atoms with Crippen molar-refractivity contribution in [3.63, 3.8) is 0 Å². The predicted molar refractivity (Wildman–Crippen MR) is 94.3 cm³/mol. The van der Waals surface area contributed by atoms with E-state index in [1.807, 2.05) is 17.5 Å². The molecule has 1 atom stereocenters. The van der Waals surface area contributed by atoms with Crippen LogP contribution in [0.4, 0.5) is 13.6 Å². The third-order valence-corrected chi connectivity index (χ3v) is 6.11. The van der Waals surface area contributed by atoms with Crippen molar-refractivity contribution in [1.29, 1.82) is 0 Å². The van der Waals surface area contributed by atoms with Gasteiger partial charge in [0, 0.05) is 34.5 Å². The lowest BCUT2D eigenvalue weighted by molar-refractivity contribution is 0.201. The van der Waals surface area contributed by atoms with Gasteiger partial charge < -0.3 is 10.2 Å². The number of thiophene rings is 1. The summed E-state index contributed by atoms with van der Waals surface area (Å²) in [5.41, 5.74) is 0.390. The zero-order chi connectivity index (χ0) is 16.9. The van der Waals surface area contributed by atoms with Crippen molar-refractivity contribution in [2.75, 3.05) is 18.8 Å². The molecule has 0 saturated carbocycles. The SMILES string of the molecule is O=C(NCc1cccs1)N1CCS[C@H](c2cc(F)ccc2F)CC1. The first kappa shape index (κ1) is 17.2. The molecule has 3 rings (SSSR count). The molecular formula is C17H18F2N2OS2. The van der Waals surface area contributed by atoms with Crippen LogP contribution in [-0.4, -0.2) is 29.8 Å². The number of urea groups is 1. The lowest BCUT2D eigenvalue weighted by Gasteiger charge is -2.20. The Balaban J connectivity index is 1.58. The Morgan fingerprint density at radius 1 is 1.29 bits per heavy atom. The number of nitrogens with one attached hydrogen (secondary N) is 1. The Kier molecular flexibility index (Phi) is 5.73. The molecule has 7 heteroatoms. The molecule has 2 amide bonds. The molecule has 2 heterocycles. The van der Waals surface area contributed by atoms with Crippen molar-refractivity contribution >= 4 is 29.1 Å². The highest BCUT2D eigenvalue weighted by atomic mass is 32.2. The first-order valence-corrected chi connectivity index (χ1v) is 9.68. The minimum Gasteiger partial charge on any atom is -0.333 e. The molecule has 1 aliphatic heterocycles. The number of benzene rings is 1. The quantitative estimate of drug-likeness (QED) is 0.870. The fourth-order valence-corrected chi connectivity index (χ4v) is 4.56. The van der Waals surface area contributed by atoms with Gasteiger partial charge in [-0.2, -0.15) is 11.8 Å². The molecular weight excluding hydrogens is 350 g/mol. The number of amides is 2. The number of rotatable bonds is 3. The molecule has 1 fully saturated rings. The van der Waals surface area contributed by atoms with Crippen LogP contribution >= 0.6 is 23.1 Å². The lowest BCUT2D eigenvalue weighted by Crippen LogP contribution is -2.40. The van der Waals surface area contributed by atoms with E-state index < -0.39 is 5.82 Å². The van der Waals surface area contributed by atoms with E-state index in [0.29, 0.717) is 37.4 Å². The number of hydrogen-bond donors (Lipinski definition) is 1. The van der Waals surface area contributed by atoms with E-state index in [1.165, 1.54) is 12.1 Å². The van der Waals surface area contributed by atoms with E-state index >= 15 is 0 Å². The number of thioether (sulfide) groups is 1. The summed E-state index contributed by atoms with van der Waals surface area (Å²) in [7, 11) is 0. The zero-order valence-electron chi connectivity index (χ0n) is 13.0. The van der Waals surface area contributed by atoms with Crippen molar-refractivity contribution in [3.05, 3.63) is 57.8 Å². The van der Waals surface area contributed by atoms with Gasteiger partial charge in [0.25, 0.3) is 0 Å². The average Bonchev–Trinajstić information content (AvgIpc) is 2.98.